The van der Waals surface area contributed by atoms with Gasteiger partial charge in [0.2, 0.25) is 0 Å². The normalized spacial score (nSPS) is 11.1. The van der Waals surface area contributed by atoms with E-state index in [0.717, 1.165) is 19.1 Å². The lowest BCUT2D eigenvalue weighted by Crippen LogP contribution is -2.19. The second kappa shape index (κ2) is 4.87. The van der Waals surface area contributed by atoms with Gasteiger partial charge in [0.15, 0.2) is 11.5 Å². The highest BCUT2D eigenvalue weighted by atomic mass is 79.9. The predicted octanol–water partition coefficient (Wildman–Crippen LogP) is 3.36. The number of benzene rings is 1. The largest absolute Gasteiger partial charge is 0.573 e. The van der Waals surface area contributed by atoms with Crippen molar-refractivity contribution in [1.29, 1.82) is 0 Å². The molecule has 0 heterocycles. The van der Waals surface area contributed by atoms with Crippen LogP contribution in [0.5, 0.6) is 5.75 Å². The molecule has 0 bridgehead atoms. The van der Waals surface area contributed by atoms with E-state index in [1.54, 1.807) is 0 Å². The fraction of sp³-hybridized carbons (Fsp3) is 0.200. The molecule has 0 unspecified atom stereocenters. The third-order valence-electron chi connectivity index (χ3n) is 1.80. The standard InChI is InChI=1S/C10H6BrF3O3/c1-5(16)7-2-6(4-15)3-8(11)9(7)17-10(12,13)14/h2-4H,1H3. The van der Waals surface area contributed by atoms with Crippen molar-refractivity contribution < 1.29 is 27.5 Å². The molecule has 0 N–H and O–H groups in total. The highest BCUT2D eigenvalue weighted by molar-refractivity contribution is 9.10. The van der Waals surface area contributed by atoms with Crippen molar-refractivity contribution in [3.05, 3.63) is 27.7 Å². The minimum absolute atomic E-state index is 0.0802. The Labute approximate surface area is 103 Å². The molecule has 1 aromatic carbocycles. The highest BCUT2D eigenvalue weighted by Gasteiger charge is 2.33. The Morgan fingerprint density at radius 1 is 1.41 bits per heavy atom. The summed E-state index contributed by atoms with van der Waals surface area (Å²) < 4.78 is 40.0. The molecule has 92 valence electrons. The summed E-state index contributed by atoms with van der Waals surface area (Å²) in [6, 6.07) is 2.18. The van der Waals surface area contributed by atoms with Gasteiger partial charge in [-0.1, -0.05) is 0 Å². The van der Waals surface area contributed by atoms with Gasteiger partial charge in [0.05, 0.1) is 10.0 Å². The Hall–Kier alpha value is -1.37. The van der Waals surface area contributed by atoms with Crippen LogP contribution in [0.25, 0.3) is 0 Å². The molecule has 1 rings (SSSR count). The quantitative estimate of drug-likeness (QED) is 0.635. The number of hydrogen-bond acceptors (Lipinski definition) is 3. The fourth-order valence-electron chi connectivity index (χ4n) is 1.16. The third kappa shape index (κ3) is 3.55. The summed E-state index contributed by atoms with van der Waals surface area (Å²) in [6.07, 6.45) is -4.48. The Morgan fingerprint density at radius 3 is 2.41 bits per heavy atom. The number of rotatable bonds is 3. The fourth-order valence-corrected chi connectivity index (χ4v) is 1.72. The summed E-state index contributed by atoms with van der Waals surface area (Å²) in [4.78, 5) is 21.7. The number of hydrogen-bond donors (Lipinski definition) is 0. The number of alkyl halides is 3. The molecule has 0 amide bonds. The van der Waals surface area contributed by atoms with E-state index in [-0.39, 0.29) is 15.6 Å². The van der Waals surface area contributed by atoms with Crippen LogP contribution in [-0.2, 0) is 0 Å². The second-order valence-corrected chi connectivity index (χ2v) is 3.96. The maximum atomic E-state index is 12.1. The van der Waals surface area contributed by atoms with Gasteiger partial charge in [-0.15, -0.1) is 13.2 Å². The van der Waals surface area contributed by atoms with Gasteiger partial charge in [0.1, 0.15) is 6.29 Å². The summed E-state index contributed by atoms with van der Waals surface area (Å²) in [5.41, 5.74) is -0.226. The van der Waals surface area contributed by atoms with Gasteiger partial charge in [-0.25, -0.2) is 0 Å². The van der Waals surface area contributed by atoms with Crippen LogP contribution in [0.3, 0.4) is 0 Å². The minimum Gasteiger partial charge on any atom is -0.404 e. The molecule has 0 aliphatic heterocycles. The Bertz CT molecular complexity index is 469. The number of halogens is 4. The van der Waals surface area contributed by atoms with Gasteiger partial charge < -0.3 is 4.74 Å². The summed E-state index contributed by atoms with van der Waals surface area (Å²) in [6.45, 7) is 1.08. The van der Waals surface area contributed by atoms with E-state index in [1.807, 2.05) is 0 Å². The monoisotopic (exact) mass is 310 g/mol. The Balaban J connectivity index is 3.36. The first-order valence-corrected chi connectivity index (χ1v) is 5.09. The molecular weight excluding hydrogens is 305 g/mol. The molecular formula is C10H6BrF3O3. The van der Waals surface area contributed by atoms with Crippen molar-refractivity contribution in [1.82, 2.24) is 0 Å². The molecule has 0 fully saturated rings. The predicted molar refractivity (Wildman–Crippen MR) is 56.2 cm³/mol. The minimum atomic E-state index is -4.91. The van der Waals surface area contributed by atoms with Gasteiger partial charge in [0, 0.05) is 5.56 Å². The second-order valence-electron chi connectivity index (χ2n) is 3.10. The Morgan fingerprint density at radius 2 is 2.00 bits per heavy atom. The van der Waals surface area contributed by atoms with Crippen molar-refractivity contribution in [2.75, 3.05) is 0 Å². The number of ketones is 1. The molecule has 0 atom stereocenters. The lowest BCUT2D eigenvalue weighted by molar-refractivity contribution is -0.275. The third-order valence-corrected chi connectivity index (χ3v) is 2.39. The number of ether oxygens (including phenoxy) is 1. The zero-order valence-corrected chi connectivity index (χ0v) is 10.1. The first kappa shape index (κ1) is 13.7. The molecule has 3 nitrogen and oxygen atoms in total. The van der Waals surface area contributed by atoms with Crippen molar-refractivity contribution in [3.63, 3.8) is 0 Å². The van der Waals surface area contributed by atoms with Gasteiger partial charge in [-0.2, -0.15) is 0 Å². The average Bonchev–Trinajstić information content (AvgIpc) is 2.18. The van der Waals surface area contributed by atoms with Crippen LogP contribution in [0.2, 0.25) is 0 Å². The molecule has 0 saturated carbocycles. The van der Waals surface area contributed by atoms with E-state index in [1.165, 1.54) is 0 Å². The molecule has 0 radical (unpaired) electrons. The molecule has 0 aromatic heterocycles. The number of Topliss-reactive ketones (excluding diaryl/α,β-unsaturated/α-hetero) is 1. The molecule has 0 saturated heterocycles. The van der Waals surface area contributed by atoms with E-state index < -0.39 is 17.9 Å². The maximum absolute atomic E-state index is 12.1. The van der Waals surface area contributed by atoms with Crippen LogP contribution in [0, 0.1) is 0 Å². The summed E-state index contributed by atoms with van der Waals surface area (Å²) >= 11 is 2.82. The summed E-state index contributed by atoms with van der Waals surface area (Å²) in [5, 5.41) is 0. The summed E-state index contributed by atoms with van der Waals surface area (Å²) in [7, 11) is 0. The topological polar surface area (TPSA) is 43.4 Å². The van der Waals surface area contributed by atoms with Crippen LogP contribution in [0.4, 0.5) is 13.2 Å². The van der Waals surface area contributed by atoms with Crippen molar-refractivity contribution in [2.24, 2.45) is 0 Å². The van der Waals surface area contributed by atoms with Gasteiger partial charge in [-0.05, 0) is 35.0 Å². The highest BCUT2D eigenvalue weighted by Crippen LogP contribution is 2.35. The van der Waals surface area contributed by atoms with E-state index >= 15 is 0 Å². The molecule has 0 aliphatic rings. The van der Waals surface area contributed by atoms with E-state index in [9.17, 15) is 22.8 Å². The van der Waals surface area contributed by atoms with Gasteiger partial charge >= 0.3 is 6.36 Å². The number of carbonyl (C=O) groups is 2. The van der Waals surface area contributed by atoms with E-state index in [4.69, 9.17) is 0 Å². The number of aldehydes is 1. The maximum Gasteiger partial charge on any atom is 0.573 e. The molecule has 1 aromatic rings. The van der Waals surface area contributed by atoms with Crippen LogP contribution >= 0.6 is 15.9 Å². The van der Waals surface area contributed by atoms with E-state index in [0.29, 0.717) is 6.29 Å². The molecule has 0 aliphatic carbocycles. The molecule has 0 spiro atoms. The van der Waals surface area contributed by atoms with Crippen LogP contribution in [0.1, 0.15) is 27.6 Å². The Kier molecular flexibility index (Phi) is 3.92. The van der Waals surface area contributed by atoms with Crippen molar-refractivity contribution >= 4 is 28.0 Å². The van der Waals surface area contributed by atoms with Crippen molar-refractivity contribution in [2.45, 2.75) is 13.3 Å². The SMILES string of the molecule is CC(=O)c1cc(C=O)cc(Br)c1OC(F)(F)F. The van der Waals surface area contributed by atoms with Crippen LogP contribution in [-0.4, -0.2) is 18.4 Å². The zero-order chi connectivity index (χ0) is 13.2. The molecule has 17 heavy (non-hydrogen) atoms. The smallest absolute Gasteiger partial charge is 0.404 e. The molecule has 7 heteroatoms. The number of carbonyl (C=O) groups excluding carboxylic acids is 2. The van der Waals surface area contributed by atoms with Gasteiger partial charge in [0.25, 0.3) is 0 Å². The van der Waals surface area contributed by atoms with Gasteiger partial charge in [-0.3, -0.25) is 9.59 Å². The first-order chi connectivity index (χ1) is 7.74. The average molecular weight is 311 g/mol. The summed E-state index contributed by atoms with van der Waals surface area (Å²) in [5.74, 6) is -1.27. The lowest BCUT2D eigenvalue weighted by atomic mass is 10.1. The van der Waals surface area contributed by atoms with Crippen LogP contribution in [0.15, 0.2) is 16.6 Å². The van der Waals surface area contributed by atoms with Crippen LogP contribution < -0.4 is 4.74 Å². The van der Waals surface area contributed by atoms with E-state index in [2.05, 4.69) is 20.7 Å². The first-order valence-electron chi connectivity index (χ1n) is 4.30. The van der Waals surface area contributed by atoms with Crippen molar-refractivity contribution in [3.8, 4) is 5.75 Å². The zero-order valence-electron chi connectivity index (χ0n) is 8.47. The lowest BCUT2D eigenvalue weighted by Gasteiger charge is -2.14.